The Morgan fingerprint density at radius 2 is 1.63 bits per heavy atom. The van der Waals surface area contributed by atoms with E-state index in [0.29, 0.717) is 17.2 Å². The molecule has 0 aliphatic rings. The number of hydrogen-bond acceptors (Lipinski definition) is 8. The molecule has 9 nitrogen and oxygen atoms in total. The zero-order valence-corrected chi connectivity index (χ0v) is 18.3. The highest BCUT2D eigenvalue weighted by molar-refractivity contribution is 5.93. The molecular weight excluding hydrogens is 438 g/mol. The fourth-order valence-corrected chi connectivity index (χ4v) is 3.75. The van der Waals surface area contributed by atoms with Crippen molar-refractivity contribution in [2.24, 2.45) is 0 Å². The van der Waals surface area contributed by atoms with E-state index in [4.69, 9.17) is 0 Å². The lowest BCUT2D eigenvalue weighted by Gasteiger charge is -2.10. The predicted molar refractivity (Wildman–Crippen MR) is 133 cm³/mol. The van der Waals surface area contributed by atoms with Crippen LogP contribution in [0.4, 0.5) is 22.7 Å². The van der Waals surface area contributed by atoms with Gasteiger partial charge >= 0.3 is 0 Å². The van der Waals surface area contributed by atoms with Crippen molar-refractivity contribution in [3.8, 4) is 17.5 Å². The molecule has 0 unspecified atom stereocenters. The summed E-state index contributed by atoms with van der Waals surface area (Å²) in [5, 5.41) is 21.4. The molecule has 0 amide bonds. The largest absolute Gasteiger partial charge is 0.355 e. The molecule has 0 saturated heterocycles. The highest BCUT2D eigenvalue weighted by atomic mass is 15.3. The Balaban J connectivity index is 1.25. The molecule has 2 aromatic carbocycles. The molecular formula is C26H17N9. The van der Waals surface area contributed by atoms with Crippen molar-refractivity contribution in [2.45, 2.75) is 0 Å². The Labute approximate surface area is 199 Å². The molecule has 0 atom stereocenters. The number of hydrogen-bond donors (Lipinski definition) is 2. The predicted octanol–water partition coefficient (Wildman–Crippen LogP) is 5.09. The van der Waals surface area contributed by atoms with Gasteiger partial charge in [-0.2, -0.15) is 10.2 Å². The number of nitriles is 1. The number of rotatable bonds is 5. The van der Waals surface area contributed by atoms with Crippen molar-refractivity contribution in [3.63, 3.8) is 0 Å². The highest BCUT2D eigenvalue weighted by Crippen LogP contribution is 2.27. The van der Waals surface area contributed by atoms with Crippen LogP contribution in [-0.2, 0) is 0 Å². The first-order chi connectivity index (χ1) is 17.2. The second kappa shape index (κ2) is 8.53. The highest BCUT2D eigenvalue weighted by Gasteiger charge is 2.09. The van der Waals surface area contributed by atoms with Crippen molar-refractivity contribution < 1.29 is 0 Å². The number of benzene rings is 2. The minimum Gasteiger partial charge on any atom is -0.355 e. The minimum absolute atomic E-state index is 0.513. The van der Waals surface area contributed by atoms with Crippen LogP contribution in [0.15, 0.2) is 91.6 Å². The Kier molecular flexibility index (Phi) is 4.94. The average molecular weight is 455 g/mol. The van der Waals surface area contributed by atoms with E-state index in [1.54, 1.807) is 35.4 Å². The van der Waals surface area contributed by atoms with Crippen LogP contribution < -0.4 is 10.6 Å². The van der Waals surface area contributed by atoms with Crippen molar-refractivity contribution in [2.75, 3.05) is 10.6 Å². The average Bonchev–Trinajstić information content (AvgIpc) is 3.33. The SMILES string of the molecule is N#Cc1ccc2nccc(Nc3ccc(-c4nc5ncc(Nc6ccncc6)cn5n4)cc3)c2c1. The van der Waals surface area contributed by atoms with Gasteiger partial charge in [-0.05, 0) is 60.7 Å². The van der Waals surface area contributed by atoms with Gasteiger partial charge < -0.3 is 10.6 Å². The normalized spacial score (nSPS) is 10.8. The molecule has 0 bridgehead atoms. The molecule has 35 heavy (non-hydrogen) atoms. The van der Waals surface area contributed by atoms with Crippen LogP contribution in [0.1, 0.15) is 5.56 Å². The van der Waals surface area contributed by atoms with Crippen LogP contribution in [0.5, 0.6) is 0 Å². The standard InChI is InChI=1S/C26H17N9/c27-14-17-1-6-23-22(13-17)24(9-12-29-23)32-19-4-2-18(3-5-19)25-33-26-30-15-21(16-35(26)34-25)31-20-7-10-28-11-8-20/h1-13,15-16H,(H,28,31)(H,29,32). The monoisotopic (exact) mass is 455 g/mol. The molecule has 2 N–H and O–H groups in total. The van der Waals surface area contributed by atoms with E-state index in [2.05, 4.69) is 41.7 Å². The summed E-state index contributed by atoms with van der Waals surface area (Å²) in [6.07, 6.45) is 8.76. The van der Waals surface area contributed by atoms with E-state index in [0.717, 1.165) is 39.2 Å². The summed E-state index contributed by atoms with van der Waals surface area (Å²) in [5.74, 6) is 1.09. The van der Waals surface area contributed by atoms with Crippen molar-refractivity contribution in [1.82, 2.24) is 29.5 Å². The van der Waals surface area contributed by atoms with Crippen LogP contribution in [0, 0.1) is 11.3 Å². The fourth-order valence-electron chi connectivity index (χ4n) is 3.75. The third-order valence-electron chi connectivity index (χ3n) is 5.46. The zero-order chi connectivity index (χ0) is 23.6. The summed E-state index contributed by atoms with van der Waals surface area (Å²) >= 11 is 0. The number of nitrogens with zero attached hydrogens (tertiary/aromatic N) is 7. The summed E-state index contributed by atoms with van der Waals surface area (Å²) in [6, 6.07) is 21.1. The summed E-state index contributed by atoms with van der Waals surface area (Å²) in [4.78, 5) is 17.4. The molecule has 0 aliphatic carbocycles. The van der Waals surface area contributed by atoms with E-state index in [1.165, 1.54) is 0 Å². The van der Waals surface area contributed by atoms with Crippen molar-refractivity contribution >= 4 is 39.4 Å². The first kappa shape index (κ1) is 20.3. The molecule has 6 aromatic rings. The van der Waals surface area contributed by atoms with E-state index in [1.807, 2.05) is 60.8 Å². The first-order valence-corrected chi connectivity index (χ1v) is 10.8. The number of pyridine rings is 2. The molecule has 0 aliphatic heterocycles. The lowest BCUT2D eigenvalue weighted by molar-refractivity contribution is 0.944. The third-order valence-corrected chi connectivity index (χ3v) is 5.46. The number of nitrogens with one attached hydrogen (secondary N) is 2. The van der Waals surface area contributed by atoms with Crippen LogP contribution in [0.25, 0.3) is 28.1 Å². The Morgan fingerprint density at radius 3 is 2.46 bits per heavy atom. The van der Waals surface area contributed by atoms with Crippen LogP contribution in [-0.4, -0.2) is 29.5 Å². The van der Waals surface area contributed by atoms with Gasteiger partial charge in [-0.25, -0.2) is 9.50 Å². The van der Waals surface area contributed by atoms with Gasteiger partial charge in [0.1, 0.15) is 0 Å². The number of aromatic nitrogens is 6. The molecule has 4 heterocycles. The molecule has 0 radical (unpaired) electrons. The Morgan fingerprint density at radius 1 is 0.800 bits per heavy atom. The second-order valence-corrected chi connectivity index (χ2v) is 7.79. The van der Waals surface area contributed by atoms with Gasteiger partial charge in [0.05, 0.1) is 35.2 Å². The van der Waals surface area contributed by atoms with Gasteiger partial charge in [0.2, 0.25) is 0 Å². The lowest BCUT2D eigenvalue weighted by atomic mass is 10.1. The zero-order valence-electron chi connectivity index (χ0n) is 18.3. The smallest absolute Gasteiger partial charge is 0.252 e. The van der Waals surface area contributed by atoms with Gasteiger partial charge in [0.15, 0.2) is 5.82 Å². The number of fused-ring (bicyclic) bond motifs is 2. The van der Waals surface area contributed by atoms with E-state index < -0.39 is 0 Å². The van der Waals surface area contributed by atoms with Crippen molar-refractivity contribution in [3.05, 3.63) is 97.2 Å². The third kappa shape index (κ3) is 4.07. The number of anilines is 4. The van der Waals surface area contributed by atoms with E-state index in [9.17, 15) is 5.26 Å². The lowest BCUT2D eigenvalue weighted by Crippen LogP contribution is -1.96. The quantitative estimate of drug-likeness (QED) is 0.369. The molecule has 0 fully saturated rings. The van der Waals surface area contributed by atoms with Crippen LogP contribution in [0.3, 0.4) is 0 Å². The molecule has 6 rings (SSSR count). The van der Waals surface area contributed by atoms with Crippen LogP contribution in [0.2, 0.25) is 0 Å². The van der Waals surface area contributed by atoms with Gasteiger partial charge in [-0.15, -0.1) is 5.10 Å². The summed E-state index contributed by atoms with van der Waals surface area (Å²) in [7, 11) is 0. The van der Waals surface area contributed by atoms with Gasteiger partial charge in [0.25, 0.3) is 5.78 Å². The molecule has 0 saturated carbocycles. The van der Waals surface area contributed by atoms with Gasteiger partial charge in [0, 0.05) is 46.6 Å². The van der Waals surface area contributed by atoms with Crippen molar-refractivity contribution in [1.29, 1.82) is 5.26 Å². The topological polar surface area (TPSA) is 117 Å². The molecule has 166 valence electrons. The first-order valence-electron chi connectivity index (χ1n) is 10.8. The Hall–Kier alpha value is -5.36. The van der Waals surface area contributed by atoms with Gasteiger partial charge in [-0.3, -0.25) is 9.97 Å². The second-order valence-electron chi connectivity index (χ2n) is 7.79. The Bertz CT molecular complexity index is 1700. The maximum Gasteiger partial charge on any atom is 0.252 e. The minimum atomic E-state index is 0.513. The maximum absolute atomic E-state index is 9.24. The molecule has 9 heteroatoms. The molecule has 4 aromatic heterocycles. The van der Waals surface area contributed by atoms with Gasteiger partial charge in [-0.1, -0.05) is 0 Å². The summed E-state index contributed by atoms with van der Waals surface area (Å²) in [6.45, 7) is 0. The van der Waals surface area contributed by atoms with E-state index in [-0.39, 0.29) is 0 Å². The molecule has 0 spiro atoms. The summed E-state index contributed by atoms with van der Waals surface area (Å²) < 4.78 is 1.65. The summed E-state index contributed by atoms with van der Waals surface area (Å²) in [5.41, 5.74) is 5.77. The fraction of sp³-hybridized carbons (Fsp3) is 0. The maximum atomic E-state index is 9.24. The van der Waals surface area contributed by atoms with E-state index >= 15 is 0 Å². The van der Waals surface area contributed by atoms with Crippen LogP contribution >= 0.6 is 0 Å².